The summed E-state index contributed by atoms with van der Waals surface area (Å²) < 4.78 is 6.91. The van der Waals surface area contributed by atoms with Gasteiger partial charge in [-0.25, -0.2) is 9.97 Å². The molecule has 4 aromatic rings. The van der Waals surface area contributed by atoms with Crippen molar-refractivity contribution in [3.05, 3.63) is 59.8 Å². The van der Waals surface area contributed by atoms with E-state index in [1.807, 2.05) is 0 Å². The summed E-state index contributed by atoms with van der Waals surface area (Å²) in [7, 11) is 3.23. The zero-order valence-electron chi connectivity index (χ0n) is 17.7. The van der Waals surface area contributed by atoms with Gasteiger partial charge in [-0.05, 0) is 55.0 Å². The Morgan fingerprint density at radius 1 is 1.06 bits per heavy atom. The second-order valence-electron chi connectivity index (χ2n) is 7.22. The van der Waals surface area contributed by atoms with Crippen molar-refractivity contribution >= 4 is 34.4 Å². The van der Waals surface area contributed by atoms with Gasteiger partial charge in [-0.2, -0.15) is 0 Å². The van der Waals surface area contributed by atoms with Gasteiger partial charge in [-0.1, -0.05) is 0 Å². The molecule has 2 aromatic carbocycles. The van der Waals surface area contributed by atoms with E-state index in [2.05, 4.69) is 15.3 Å². The quantitative estimate of drug-likeness (QED) is 0.413. The summed E-state index contributed by atoms with van der Waals surface area (Å²) in [6, 6.07) is 12.9. The molecule has 0 bridgehead atoms. The Balaban J connectivity index is 1.79. The summed E-state index contributed by atoms with van der Waals surface area (Å²) in [4.78, 5) is 34.0. The summed E-state index contributed by atoms with van der Waals surface area (Å²) in [6.45, 7) is 1.39. The standard InChI is InChI=1S/C23H21N5O4/c1-12(29)17-11-14(30)5-6-15(17)16-7-9-20(32-3)27-21(16)22(31)25-13-4-8-18-19(10-13)28(2)23(24)26-18/h4-11,30H,1-3H3,(H2,24,26)(H,25,31). The van der Waals surface area contributed by atoms with Gasteiger partial charge in [0.15, 0.2) is 5.78 Å². The molecule has 0 aliphatic carbocycles. The molecular formula is C23H21N5O4. The van der Waals surface area contributed by atoms with Crippen molar-refractivity contribution < 1.29 is 19.4 Å². The number of methoxy groups -OCH3 is 1. The molecule has 4 N–H and O–H groups in total. The average molecular weight is 431 g/mol. The topological polar surface area (TPSA) is 132 Å². The Bertz CT molecular complexity index is 1380. The van der Waals surface area contributed by atoms with Crippen LogP contribution in [0.5, 0.6) is 11.6 Å². The fourth-order valence-electron chi connectivity index (χ4n) is 3.48. The molecule has 0 spiro atoms. The number of ether oxygens (including phenoxy) is 1. The van der Waals surface area contributed by atoms with Crippen LogP contribution >= 0.6 is 0 Å². The number of aromatic nitrogens is 3. The van der Waals surface area contributed by atoms with Crippen LogP contribution in [0.1, 0.15) is 27.8 Å². The van der Waals surface area contributed by atoms with Crippen molar-refractivity contribution in [2.24, 2.45) is 7.05 Å². The third-order valence-electron chi connectivity index (χ3n) is 5.14. The van der Waals surface area contributed by atoms with Gasteiger partial charge < -0.3 is 25.5 Å². The van der Waals surface area contributed by atoms with E-state index in [9.17, 15) is 14.7 Å². The molecule has 9 nitrogen and oxygen atoms in total. The molecule has 0 fully saturated rings. The van der Waals surface area contributed by atoms with Crippen molar-refractivity contribution in [3.63, 3.8) is 0 Å². The highest BCUT2D eigenvalue weighted by Crippen LogP contribution is 2.31. The molecule has 0 aliphatic rings. The first kappa shape index (κ1) is 20.9. The summed E-state index contributed by atoms with van der Waals surface area (Å²) >= 11 is 0. The highest BCUT2D eigenvalue weighted by molar-refractivity contribution is 6.10. The van der Waals surface area contributed by atoms with Crippen molar-refractivity contribution in [1.82, 2.24) is 14.5 Å². The number of hydrogen-bond donors (Lipinski definition) is 3. The number of Topliss-reactive ketones (excluding diaryl/α,β-unsaturated/α-hetero) is 1. The van der Waals surface area contributed by atoms with Crippen LogP contribution < -0.4 is 15.8 Å². The van der Waals surface area contributed by atoms with Gasteiger partial charge in [0.1, 0.15) is 11.4 Å². The van der Waals surface area contributed by atoms with Crippen LogP contribution in [0, 0.1) is 0 Å². The highest BCUT2D eigenvalue weighted by atomic mass is 16.5. The number of nitrogens with two attached hydrogens (primary N) is 1. The Morgan fingerprint density at radius 3 is 2.53 bits per heavy atom. The van der Waals surface area contributed by atoms with E-state index in [0.29, 0.717) is 28.3 Å². The number of nitrogens with one attached hydrogen (secondary N) is 1. The Morgan fingerprint density at radius 2 is 1.81 bits per heavy atom. The lowest BCUT2D eigenvalue weighted by atomic mass is 9.95. The molecule has 0 aliphatic heterocycles. The molecule has 4 rings (SSSR count). The monoisotopic (exact) mass is 431 g/mol. The Kier molecular flexibility index (Phi) is 5.23. The first-order chi connectivity index (χ1) is 15.3. The molecule has 1 amide bonds. The third kappa shape index (κ3) is 3.71. The minimum absolute atomic E-state index is 0.0461. The number of phenols is 1. The Labute approximate surface area is 183 Å². The number of rotatable bonds is 5. The maximum Gasteiger partial charge on any atom is 0.275 e. The van der Waals surface area contributed by atoms with Crippen LogP contribution in [0.2, 0.25) is 0 Å². The average Bonchev–Trinajstić information content (AvgIpc) is 3.06. The fourth-order valence-corrected chi connectivity index (χ4v) is 3.48. The maximum atomic E-state index is 13.2. The molecule has 0 saturated heterocycles. The van der Waals surface area contributed by atoms with Gasteiger partial charge >= 0.3 is 0 Å². The third-order valence-corrected chi connectivity index (χ3v) is 5.14. The summed E-state index contributed by atoms with van der Waals surface area (Å²) in [5, 5.41) is 12.7. The van der Waals surface area contributed by atoms with E-state index in [4.69, 9.17) is 10.5 Å². The second kappa shape index (κ2) is 8.03. The second-order valence-corrected chi connectivity index (χ2v) is 7.22. The van der Waals surface area contributed by atoms with E-state index in [0.717, 1.165) is 5.52 Å². The number of ketones is 1. The SMILES string of the molecule is COc1ccc(-c2ccc(O)cc2C(C)=O)c(C(=O)Nc2ccc3nc(N)n(C)c3c2)n1. The highest BCUT2D eigenvalue weighted by Gasteiger charge is 2.20. The maximum absolute atomic E-state index is 13.2. The normalized spacial score (nSPS) is 10.8. The molecule has 2 heterocycles. The van der Waals surface area contributed by atoms with Crippen LogP contribution in [0.3, 0.4) is 0 Å². The summed E-state index contributed by atoms with van der Waals surface area (Å²) in [5.41, 5.74) is 9.10. The van der Waals surface area contributed by atoms with Crippen molar-refractivity contribution in [2.75, 3.05) is 18.2 Å². The zero-order valence-corrected chi connectivity index (χ0v) is 17.7. The summed E-state index contributed by atoms with van der Waals surface area (Å²) in [6.07, 6.45) is 0. The van der Waals surface area contributed by atoms with Gasteiger partial charge in [-0.15, -0.1) is 0 Å². The number of hydrogen-bond acceptors (Lipinski definition) is 7. The smallest absolute Gasteiger partial charge is 0.275 e. The van der Waals surface area contributed by atoms with Gasteiger partial charge in [0.25, 0.3) is 5.91 Å². The predicted molar refractivity (Wildman–Crippen MR) is 121 cm³/mol. The largest absolute Gasteiger partial charge is 0.508 e. The lowest BCUT2D eigenvalue weighted by molar-refractivity contribution is 0.101. The van der Waals surface area contributed by atoms with E-state index in [1.54, 1.807) is 48.0 Å². The van der Waals surface area contributed by atoms with Crippen LogP contribution in [0.25, 0.3) is 22.2 Å². The minimum Gasteiger partial charge on any atom is -0.508 e. The fraction of sp³-hybridized carbons (Fsp3) is 0.130. The van der Waals surface area contributed by atoms with E-state index in [1.165, 1.54) is 26.2 Å². The number of phenolic OH excluding ortho intramolecular Hbond substituents is 1. The number of fused-ring (bicyclic) bond motifs is 1. The van der Waals surface area contributed by atoms with Crippen molar-refractivity contribution in [1.29, 1.82) is 0 Å². The number of amides is 1. The molecule has 0 atom stereocenters. The van der Waals surface area contributed by atoms with Gasteiger partial charge in [0.05, 0.1) is 18.1 Å². The number of benzene rings is 2. The first-order valence-electron chi connectivity index (χ1n) is 9.71. The van der Waals surface area contributed by atoms with Crippen LogP contribution in [0.15, 0.2) is 48.5 Å². The number of anilines is 2. The number of aromatic hydroxyl groups is 1. The number of imidazole rings is 1. The molecule has 162 valence electrons. The Hall–Kier alpha value is -4.40. The van der Waals surface area contributed by atoms with Crippen LogP contribution in [0.4, 0.5) is 11.6 Å². The molecule has 0 saturated carbocycles. The number of carbonyl (C=O) groups excluding carboxylic acids is 2. The molecular weight excluding hydrogens is 410 g/mol. The molecule has 2 aromatic heterocycles. The molecule has 9 heteroatoms. The van der Waals surface area contributed by atoms with E-state index in [-0.39, 0.29) is 28.7 Å². The molecule has 0 unspecified atom stereocenters. The van der Waals surface area contributed by atoms with Gasteiger partial charge in [-0.3, -0.25) is 9.59 Å². The number of pyridine rings is 1. The van der Waals surface area contributed by atoms with Gasteiger partial charge in [0.2, 0.25) is 11.8 Å². The number of carbonyl (C=O) groups is 2. The molecule has 0 radical (unpaired) electrons. The lowest BCUT2D eigenvalue weighted by Gasteiger charge is -2.14. The number of nitrogen functional groups attached to an aromatic ring is 1. The number of nitrogens with zero attached hydrogens (tertiary/aromatic N) is 3. The van der Waals surface area contributed by atoms with E-state index < -0.39 is 5.91 Å². The molecule has 32 heavy (non-hydrogen) atoms. The summed E-state index contributed by atoms with van der Waals surface area (Å²) in [5.74, 6) is -0.176. The first-order valence-corrected chi connectivity index (χ1v) is 9.71. The van der Waals surface area contributed by atoms with E-state index >= 15 is 0 Å². The lowest BCUT2D eigenvalue weighted by Crippen LogP contribution is -2.16. The number of aryl methyl sites for hydroxylation is 1. The van der Waals surface area contributed by atoms with Gasteiger partial charge in [0, 0.05) is 29.9 Å². The van der Waals surface area contributed by atoms with Crippen LogP contribution in [-0.2, 0) is 7.05 Å². The van der Waals surface area contributed by atoms with Crippen molar-refractivity contribution in [2.45, 2.75) is 6.92 Å². The van der Waals surface area contributed by atoms with Crippen molar-refractivity contribution in [3.8, 4) is 22.8 Å². The minimum atomic E-state index is -0.490. The zero-order chi connectivity index (χ0) is 23.0. The predicted octanol–water partition coefficient (Wildman–Crippen LogP) is 3.39. The van der Waals surface area contributed by atoms with Crippen LogP contribution in [-0.4, -0.2) is 38.4 Å².